The van der Waals surface area contributed by atoms with Gasteiger partial charge in [0, 0.05) is 32.0 Å². The lowest BCUT2D eigenvalue weighted by atomic mass is 9.86. The van der Waals surface area contributed by atoms with Gasteiger partial charge in [0.25, 0.3) is 0 Å². The maximum atomic E-state index is 11.3. The zero-order chi connectivity index (χ0) is 13.2. The van der Waals surface area contributed by atoms with Crippen LogP contribution in [0.15, 0.2) is 18.2 Å². The van der Waals surface area contributed by atoms with Crippen LogP contribution in [0.4, 0.5) is 0 Å². The summed E-state index contributed by atoms with van der Waals surface area (Å²) in [4.78, 5) is 13.8. The fourth-order valence-electron chi connectivity index (χ4n) is 3.29. The highest BCUT2D eigenvalue weighted by molar-refractivity contribution is 5.79. The maximum Gasteiger partial charge on any atom is 0.135 e. The van der Waals surface area contributed by atoms with E-state index in [-0.39, 0.29) is 0 Å². The van der Waals surface area contributed by atoms with Crippen molar-refractivity contribution in [3.05, 3.63) is 29.3 Å². The number of fused-ring (bicyclic) bond motifs is 1. The molecule has 19 heavy (non-hydrogen) atoms. The number of piperidine rings is 1. The number of methoxy groups -OCH3 is 1. The Bertz CT molecular complexity index is 474. The summed E-state index contributed by atoms with van der Waals surface area (Å²) in [6, 6.07) is 7.03. The van der Waals surface area contributed by atoms with E-state index in [2.05, 4.69) is 23.1 Å². The summed E-state index contributed by atoms with van der Waals surface area (Å²) in [5.74, 6) is 1.38. The summed E-state index contributed by atoms with van der Waals surface area (Å²) in [6.45, 7) is 1.89. The molecule has 0 radical (unpaired) electrons. The highest BCUT2D eigenvalue weighted by atomic mass is 16.5. The Hall–Kier alpha value is -1.35. The minimum Gasteiger partial charge on any atom is -0.497 e. The Kier molecular flexibility index (Phi) is 3.56. The van der Waals surface area contributed by atoms with E-state index in [0.29, 0.717) is 11.8 Å². The van der Waals surface area contributed by atoms with Gasteiger partial charge in [-0.15, -0.1) is 0 Å². The standard InChI is InChI=1S/C16H21NO2/c1-19-16-5-3-12-2-4-14(10-13(12)11-16)17-8-6-15(18)7-9-17/h3,5,11,14H,2,4,6-10H2,1H3. The normalized spacial score (nSPS) is 24.1. The van der Waals surface area contributed by atoms with E-state index in [1.165, 1.54) is 17.5 Å². The third-order valence-electron chi connectivity index (χ3n) is 4.49. The van der Waals surface area contributed by atoms with Crippen molar-refractivity contribution in [2.24, 2.45) is 0 Å². The van der Waals surface area contributed by atoms with Gasteiger partial charge in [0.05, 0.1) is 7.11 Å². The number of hydrogen-bond acceptors (Lipinski definition) is 3. The van der Waals surface area contributed by atoms with E-state index in [4.69, 9.17) is 4.74 Å². The van der Waals surface area contributed by atoms with Crippen LogP contribution in [0.25, 0.3) is 0 Å². The zero-order valence-corrected chi connectivity index (χ0v) is 11.5. The monoisotopic (exact) mass is 259 g/mol. The first kappa shape index (κ1) is 12.7. The van der Waals surface area contributed by atoms with Crippen molar-refractivity contribution < 1.29 is 9.53 Å². The zero-order valence-electron chi connectivity index (χ0n) is 11.5. The van der Waals surface area contributed by atoms with Crippen molar-refractivity contribution >= 4 is 5.78 Å². The lowest BCUT2D eigenvalue weighted by molar-refractivity contribution is -0.121. The largest absolute Gasteiger partial charge is 0.497 e. The number of rotatable bonds is 2. The third-order valence-corrected chi connectivity index (χ3v) is 4.49. The van der Waals surface area contributed by atoms with E-state index < -0.39 is 0 Å². The molecule has 1 aliphatic heterocycles. The molecule has 0 aromatic heterocycles. The van der Waals surface area contributed by atoms with Crippen LogP contribution in [0.5, 0.6) is 5.75 Å². The lowest BCUT2D eigenvalue weighted by Gasteiger charge is -2.37. The van der Waals surface area contributed by atoms with Crippen LogP contribution < -0.4 is 4.74 Å². The molecular formula is C16H21NO2. The fourth-order valence-corrected chi connectivity index (χ4v) is 3.29. The summed E-state index contributed by atoms with van der Waals surface area (Å²) in [6.07, 6.45) is 4.94. The first-order valence-electron chi connectivity index (χ1n) is 7.18. The van der Waals surface area contributed by atoms with Gasteiger partial charge in [-0.1, -0.05) is 6.07 Å². The molecule has 1 saturated heterocycles. The second-order valence-corrected chi connectivity index (χ2v) is 5.61. The van der Waals surface area contributed by atoms with Crippen molar-refractivity contribution in [3.63, 3.8) is 0 Å². The van der Waals surface area contributed by atoms with Gasteiger partial charge in [0.1, 0.15) is 11.5 Å². The molecule has 1 atom stereocenters. The van der Waals surface area contributed by atoms with Gasteiger partial charge in [-0.05, 0) is 42.5 Å². The smallest absolute Gasteiger partial charge is 0.135 e. The number of ketones is 1. The number of carbonyl (C=O) groups excluding carboxylic acids is 1. The molecule has 1 heterocycles. The van der Waals surface area contributed by atoms with Crippen LogP contribution in [0.2, 0.25) is 0 Å². The van der Waals surface area contributed by atoms with Gasteiger partial charge in [-0.2, -0.15) is 0 Å². The van der Waals surface area contributed by atoms with Crippen LogP contribution in [0.1, 0.15) is 30.4 Å². The SMILES string of the molecule is COc1ccc2c(c1)CC(N1CCC(=O)CC1)CC2. The number of likely N-dealkylation sites (tertiary alicyclic amines) is 1. The van der Waals surface area contributed by atoms with E-state index in [9.17, 15) is 4.79 Å². The van der Waals surface area contributed by atoms with E-state index in [1.54, 1.807) is 7.11 Å². The van der Waals surface area contributed by atoms with E-state index >= 15 is 0 Å². The lowest BCUT2D eigenvalue weighted by Crippen LogP contribution is -2.44. The summed E-state index contributed by atoms with van der Waals surface area (Å²) >= 11 is 0. The van der Waals surface area contributed by atoms with Gasteiger partial charge in [0.2, 0.25) is 0 Å². The molecule has 1 fully saturated rings. The Morgan fingerprint density at radius 3 is 2.68 bits per heavy atom. The molecule has 0 bridgehead atoms. The first-order chi connectivity index (χ1) is 9.26. The molecule has 2 aliphatic rings. The molecular weight excluding hydrogens is 238 g/mol. The fraction of sp³-hybridized carbons (Fsp3) is 0.562. The number of aryl methyl sites for hydroxylation is 1. The molecule has 0 N–H and O–H groups in total. The van der Waals surface area contributed by atoms with Crippen molar-refractivity contribution in [2.45, 2.75) is 38.1 Å². The molecule has 102 valence electrons. The third kappa shape index (κ3) is 2.66. The average molecular weight is 259 g/mol. The van der Waals surface area contributed by atoms with Crippen molar-refractivity contribution in [1.82, 2.24) is 4.90 Å². The topological polar surface area (TPSA) is 29.5 Å². The summed E-state index contributed by atoms with van der Waals surface area (Å²) in [7, 11) is 1.72. The first-order valence-corrected chi connectivity index (χ1v) is 7.18. The number of carbonyl (C=O) groups is 1. The molecule has 0 saturated carbocycles. The Labute approximate surface area is 114 Å². The average Bonchev–Trinajstić information content (AvgIpc) is 2.47. The molecule has 1 aromatic rings. The number of hydrogen-bond donors (Lipinski definition) is 0. The summed E-state index contributed by atoms with van der Waals surface area (Å²) < 4.78 is 5.32. The Morgan fingerprint density at radius 1 is 1.16 bits per heavy atom. The van der Waals surface area contributed by atoms with Gasteiger partial charge in [-0.3, -0.25) is 9.69 Å². The van der Waals surface area contributed by atoms with Gasteiger partial charge < -0.3 is 4.74 Å². The van der Waals surface area contributed by atoms with Crippen molar-refractivity contribution in [3.8, 4) is 5.75 Å². The Balaban J connectivity index is 1.72. The number of benzene rings is 1. The quantitative estimate of drug-likeness (QED) is 0.815. The van der Waals surface area contributed by atoms with Crippen LogP contribution in [-0.4, -0.2) is 36.9 Å². The molecule has 0 spiro atoms. The second-order valence-electron chi connectivity index (χ2n) is 5.61. The molecule has 0 amide bonds. The predicted molar refractivity (Wildman–Crippen MR) is 74.6 cm³/mol. The molecule has 3 heteroatoms. The van der Waals surface area contributed by atoms with Crippen molar-refractivity contribution in [2.75, 3.05) is 20.2 Å². The number of nitrogens with zero attached hydrogens (tertiary/aromatic N) is 1. The van der Waals surface area contributed by atoms with Gasteiger partial charge in [0.15, 0.2) is 0 Å². The molecule has 3 rings (SSSR count). The van der Waals surface area contributed by atoms with Crippen molar-refractivity contribution in [1.29, 1.82) is 0 Å². The van der Waals surface area contributed by atoms with Crippen LogP contribution >= 0.6 is 0 Å². The maximum absolute atomic E-state index is 11.3. The Morgan fingerprint density at radius 2 is 1.95 bits per heavy atom. The summed E-state index contributed by atoms with van der Waals surface area (Å²) in [5.41, 5.74) is 2.89. The van der Waals surface area contributed by atoms with E-state index in [1.807, 2.05) is 0 Å². The predicted octanol–water partition coefficient (Wildman–Crippen LogP) is 2.22. The van der Waals surface area contributed by atoms with Gasteiger partial charge >= 0.3 is 0 Å². The minimum absolute atomic E-state index is 0.425. The number of ether oxygens (including phenoxy) is 1. The van der Waals surface area contributed by atoms with Crippen LogP contribution in [0.3, 0.4) is 0 Å². The molecule has 1 unspecified atom stereocenters. The molecule has 1 aromatic carbocycles. The molecule has 3 nitrogen and oxygen atoms in total. The van der Waals surface area contributed by atoms with Crippen LogP contribution in [-0.2, 0) is 17.6 Å². The summed E-state index contributed by atoms with van der Waals surface area (Å²) in [5, 5.41) is 0. The highest BCUT2D eigenvalue weighted by Gasteiger charge is 2.27. The minimum atomic E-state index is 0.425. The highest BCUT2D eigenvalue weighted by Crippen LogP contribution is 2.28. The van der Waals surface area contributed by atoms with Crippen LogP contribution in [0, 0.1) is 0 Å². The van der Waals surface area contributed by atoms with Gasteiger partial charge in [-0.25, -0.2) is 0 Å². The number of Topliss-reactive ketones (excluding diaryl/α,β-unsaturated/α-hetero) is 1. The second kappa shape index (κ2) is 5.33. The van der Waals surface area contributed by atoms with E-state index in [0.717, 1.165) is 44.5 Å². The molecule has 1 aliphatic carbocycles.